The summed E-state index contributed by atoms with van der Waals surface area (Å²) in [5.41, 5.74) is -0.580. The quantitative estimate of drug-likeness (QED) is 0.511. The maximum absolute atomic E-state index is 13.8. The van der Waals surface area contributed by atoms with Gasteiger partial charge in [-0.05, 0) is 19.1 Å². The summed E-state index contributed by atoms with van der Waals surface area (Å²) in [4.78, 5) is 13.7. The van der Waals surface area contributed by atoms with Crippen molar-refractivity contribution in [2.75, 3.05) is 26.5 Å². The Bertz CT molecular complexity index is 1220. The van der Waals surface area contributed by atoms with Crippen LogP contribution in [-0.4, -0.2) is 64.1 Å². The number of methoxy groups -OCH3 is 1. The van der Waals surface area contributed by atoms with E-state index in [-0.39, 0.29) is 13.1 Å². The molecule has 0 aromatic heterocycles. The van der Waals surface area contributed by atoms with Gasteiger partial charge < -0.3 is 19.1 Å². The molecule has 0 bridgehead atoms. The molecule has 1 atom stereocenters. The fraction of sp³-hybridized carbons (Fsp3) is 0.381. The highest BCUT2D eigenvalue weighted by molar-refractivity contribution is 7.90. The van der Waals surface area contributed by atoms with Crippen LogP contribution in [0.5, 0.6) is 17.2 Å². The monoisotopic (exact) mass is 527 g/mol. The Balaban J connectivity index is 1.91. The zero-order valence-corrected chi connectivity index (χ0v) is 19.3. The van der Waals surface area contributed by atoms with Gasteiger partial charge in [0.1, 0.15) is 28.1 Å². The lowest BCUT2D eigenvalue weighted by atomic mass is 10.1. The highest BCUT2D eigenvalue weighted by Gasteiger charge is 2.41. The minimum atomic E-state index is -4.79. The second-order valence-electron chi connectivity index (χ2n) is 7.69. The summed E-state index contributed by atoms with van der Waals surface area (Å²) < 4.78 is 119. The number of alkyl halides is 3. The van der Waals surface area contributed by atoms with Crippen LogP contribution in [0.4, 0.5) is 26.3 Å². The molecule has 0 unspecified atom stereocenters. The van der Waals surface area contributed by atoms with Crippen molar-refractivity contribution in [3.8, 4) is 17.2 Å². The molecule has 192 valence electrons. The first-order valence-electron chi connectivity index (χ1n) is 9.88. The molecule has 7 nitrogen and oxygen atoms in total. The van der Waals surface area contributed by atoms with Crippen LogP contribution >= 0.6 is 0 Å². The standard InChI is InChI=1S/C21H19F6NO6S/c1-10(21(25,26)27)33-15-4-5-16(35(3,30)31)19(32-2)17(15)20(29)28-8-12(9-28)34-18-13(23)6-11(22)7-14(18)24/h4-7,10,12H,8-9H2,1-3H3/t10-/m0/s1. The Kier molecular flexibility index (Phi) is 7.16. The van der Waals surface area contributed by atoms with Crippen molar-refractivity contribution in [2.24, 2.45) is 0 Å². The largest absolute Gasteiger partial charge is 0.494 e. The molecule has 14 heteroatoms. The van der Waals surface area contributed by atoms with Gasteiger partial charge in [0.25, 0.3) is 5.91 Å². The van der Waals surface area contributed by atoms with Crippen molar-refractivity contribution in [2.45, 2.75) is 30.2 Å². The molecule has 1 aliphatic heterocycles. The third kappa shape index (κ3) is 5.57. The van der Waals surface area contributed by atoms with Crippen LogP contribution in [0.25, 0.3) is 0 Å². The molecule has 0 N–H and O–H groups in total. The second kappa shape index (κ2) is 9.47. The molecule has 3 rings (SSSR count). The minimum Gasteiger partial charge on any atom is -0.494 e. The van der Waals surface area contributed by atoms with E-state index in [1.54, 1.807) is 0 Å². The Labute approximate surface area is 196 Å². The number of halogens is 6. The van der Waals surface area contributed by atoms with Gasteiger partial charge in [0.2, 0.25) is 0 Å². The Morgan fingerprint density at radius 1 is 1.09 bits per heavy atom. The number of carbonyl (C=O) groups excluding carboxylic acids is 1. The molecule has 1 aliphatic rings. The second-order valence-corrected chi connectivity index (χ2v) is 9.68. The molecule has 1 fully saturated rings. The summed E-state index contributed by atoms with van der Waals surface area (Å²) in [5, 5.41) is 0. The third-order valence-electron chi connectivity index (χ3n) is 5.05. The van der Waals surface area contributed by atoms with E-state index < -0.39 is 79.3 Å². The molecule has 2 aromatic carbocycles. The van der Waals surface area contributed by atoms with Crippen molar-refractivity contribution in [1.29, 1.82) is 0 Å². The first-order chi connectivity index (χ1) is 16.1. The lowest BCUT2D eigenvalue weighted by molar-refractivity contribution is -0.189. The summed E-state index contributed by atoms with van der Waals surface area (Å²) in [6.07, 6.45) is -7.25. The highest BCUT2D eigenvalue weighted by Crippen LogP contribution is 2.39. The summed E-state index contributed by atoms with van der Waals surface area (Å²) in [5.74, 6) is -6.68. The Hall–Kier alpha value is -3.16. The smallest absolute Gasteiger partial charge is 0.425 e. The summed E-state index contributed by atoms with van der Waals surface area (Å²) in [6, 6.07) is 2.68. The molecule has 0 saturated carbocycles. The number of ether oxygens (including phenoxy) is 3. The molecule has 35 heavy (non-hydrogen) atoms. The first-order valence-corrected chi connectivity index (χ1v) is 11.8. The van der Waals surface area contributed by atoms with Gasteiger partial charge in [-0.1, -0.05) is 0 Å². The van der Waals surface area contributed by atoms with Gasteiger partial charge >= 0.3 is 6.18 Å². The molecule has 1 saturated heterocycles. The maximum atomic E-state index is 13.8. The lowest BCUT2D eigenvalue weighted by Crippen LogP contribution is -2.56. The van der Waals surface area contributed by atoms with E-state index in [1.165, 1.54) is 0 Å². The van der Waals surface area contributed by atoms with Crippen LogP contribution in [-0.2, 0) is 9.84 Å². The first kappa shape index (κ1) is 26.4. The average molecular weight is 527 g/mol. The number of hydrogen-bond donors (Lipinski definition) is 0. The summed E-state index contributed by atoms with van der Waals surface area (Å²) in [7, 11) is -2.94. The van der Waals surface area contributed by atoms with Crippen molar-refractivity contribution in [3.63, 3.8) is 0 Å². The van der Waals surface area contributed by atoms with E-state index >= 15 is 0 Å². The Morgan fingerprint density at radius 2 is 1.66 bits per heavy atom. The summed E-state index contributed by atoms with van der Waals surface area (Å²) in [6.45, 7) is 0.162. The predicted molar refractivity (Wildman–Crippen MR) is 109 cm³/mol. The van der Waals surface area contributed by atoms with Gasteiger partial charge in [0.15, 0.2) is 39.1 Å². The van der Waals surface area contributed by atoms with Crippen molar-refractivity contribution >= 4 is 15.7 Å². The van der Waals surface area contributed by atoms with Gasteiger partial charge in [-0.25, -0.2) is 21.6 Å². The SMILES string of the molecule is COc1c(S(C)(=O)=O)ccc(O[C@@H](C)C(F)(F)F)c1C(=O)N1CC(Oc2c(F)cc(F)cc2F)C1. The summed E-state index contributed by atoms with van der Waals surface area (Å²) >= 11 is 0. The number of amides is 1. The van der Waals surface area contributed by atoms with Crippen molar-refractivity contribution in [1.82, 2.24) is 4.90 Å². The molecule has 1 amide bonds. The fourth-order valence-electron chi connectivity index (χ4n) is 3.24. The van der Waals surface area contributed by atoms with Crippen molar-refractivity contribution < 1.29 is 53.8 Å². The topological polar surface area (TPSA) is 82.1 Å². The van der Waals surface area contributed by atoms with E-state index in [0.29, 0.717) is 19.1 Å². The van der Waals surface area contributed by atoms with Crippen LogP contribution in [0.1, 0.15) is 17.3 Å². The number of rotatable bonds is 7. The molecule has 2 aromatic rings. The number of carbonyl (C=O) groups is 1. The zero-order chi connectivity index (χ0) is 26.3. The number of benzene rings is 2. The van der Waals surface area contributed by atoms with Crippen LogP contribution in [0.2, 0.25) is 0 Å². The van der Waals surface area contributed by atoms with Crippen LogP contribution in [0.3, 0.4) is 0 Å². The van der Waals surface area contributed by atoms with E-state index in [1.807, 2.05) is 0 Å². The molecule has 0 radical (unpaired) electrons. The highest BCUT2D eigenvalue weighted by atomic mass is 32.2. The van der Waals surface area contributed by atoms with Gasteiger partial charge in [-0.3, -0.25) is 4.79 Å². The number of sulfone groups is 1. The lowest BCUT2D eigenvalue weighted by Gasteiger charge is -2.39. The van der Waals surface area contributed by atoms with E-state index in [0.717, 1.165) is 30.4 Å². The van der Waals surface area contributed by atoms with Crippen LogP contribution in [0, 0.1) is 17.5 Å². The molecule has 0 spiro atoms. The van der Waals surface area contributed by atoms with Gasteiger partial charge in [-0.15, -0.1) is 0 Å². The number of hydrogen-bond acceptors (Lipinski definition) is 6. The van der Waals surface area contributed by atoms with Crippen LogP contribution < -0.4 is 14.2 Å². The normalized spacial score (nSPS) is 15.4. The van der Waals surface area contributed by atoms with E-state index in [2.05, 4.69) is 0 Å². The van der Waals surface area contributed by atoms with Gasteiger partial charge in [0.05, 0.1) is 20.2 Å². The molecular formula is C21H19F6NO6S. The average Bonchev–Trinajstić information content (AvgIpc) is 2.69. The zero-order valence-electron chi connectivity index (χ0n) is 18.5. The maximum Gasteiger partial charge on any atom is 0.425 e. The van der Waals surface area contributed by atoms with E-state index in [9.17, 15) is 39.6 Å². The fourth-order valence-corrected chi connectivity index (χ4v) is 4.08. The van der Waals surface area contributed by atoms with Gasteiger partial charge in [0, 0.05) is 18.4 Å². The number of nitrogens with zero attached hydrogens (tertiary/aromatic N) is 1. The molecule has 1 heterocycles. The van der Waals surface area contributed by atoms with Crippen molar-refractivity contribution in [3.05, 3.63) is 47.3 Å². The number of likely N-dealkylation sites (tertiary alicyclic amines) is 1. The molecular weight excluding hydrogens is 508 g/mol. The van der Waals surface area contributed by atoms with Gasteiger partial charge in [-0.2, -0.15) is 13.2 Å². The predicted octanol–water partition coefficient (Wildman–Crippen LogP) is 3.75. The van der Waals surface area contributed by atoms with E-state index in [4.69, 9.17) is 14.2 Å². The minimum absolute atomic E-state index is 0.268. The van der Waals surface area contributed by atoms with Crippen LogP contribution in [0.15, 0.2) is 29.2 Å². The Morgan fingerprint density at radius 3 is 2.14 bits per heavy atom. The third-order valence-corrected chi connectivity index (χ3v) is 6.17. The molecule has 0 aliphatic carbocycles.